The van der Waals surface area contributed by atoms with Gasteiger partial charge in [0.1, 0.15) is 5.82 Å². The van der Waals surface area contributed by atoms with E-state index in [-0.39, 0.29) is 16.9 Å². The third-order valence-corrected chi connectivity index (χ3v) is 6.41. The summed E-state index contributed by atoms with van der Waals surface area (Å²) >= 11 is 0. The predicted octanol–water partition coefficient (Wildman–Crippen LogP) is 3.05. The molecule has 30 heavy (non-hydrogen) atoms. The number of nitrogens with one attached hydrogen (secondary N) is 1. The average molecular weight is 411 g/mol. The molecule has 156 valence electrons. The van der Waals surface area contributed by atoms with Crippen LogP contribution in [0.4, 0.5) is 14.7 Å². The molecular formula is C22H23F2N5O. The first kappa shape index (κ1) is 19.1. The third kappa shape index (κ3) is 3.56. The fraction of sp³-hybridized carbons (Fsp3) is 0.409. The fourth-order valence-corrected chi connectivity index (χ4v) is 4.85. The Bertz CT molecular complexity index is 1110. The predicted molar refractivity (Wildman–Crippen MR) is 111 cm³/mol. The van der Waals surface area contributed by atoms with E-state index in [1.54, 1.807) is 12.1 Å². The number of pyridine rings is 1. The number of piperazine rings is 1. The van der Waals surface area contributed by atoms with E-state index in [0.717, 1.165) is 51.1 Å². The number of rotatable bonds is 3. The van der Waals surface area contributed by atoms with Gasteiger partial charge in [0.25, 0.3) is 5.56 Å². The highest BCUT2D eigenvalue weighted by atomic mass is 19.1. The standard InChI is InChI=1S/C22H23F2N5O/c23-16-12-25-22(26-13-16)29-8-6-28(7-9-29)17-5-4-14(10-17)19-11-15-2-1-3-18(24)20(15)21(30)27-19/h1-3,11-14,17H,4-10H2,(H,27,30). The van der Waals surface area contributed by atoms with Crippen molar-refractivity contribution >= 4 is 16.7 Å². The topological polar surface area (TPSA) is 65.1 Å². The normalized spacial score (nSPS) is 22.7. The molecule has 0 spiro atoms. The second kappa shape index (κ2) is 7.75. The Labute approximate surface area is 172 Å². The van der Waals surface area contributed by atoms with E-state index in [2.05, 4.69) is 24.8 Å². The summed E-state index contributed by atoms with van der Waals surface area (Å²) in [6.45, 7) is 3.41. The van der Waals surface area contributed by atoms with Gasteiger partial charge in [0.2, 0.25) is 5.95 Å². The SMILES string of the molecule is O=c1[nH]c(C2CCC(N3CCN(c4ncc(F)cn4)CC3)C2)cc2cccc(F)c12. The molecule has 2 fully saturated rings. The fourth-order valence-electron chi connectivity index (χ4n) is 4.85. The third-order valence-electron chi connectivity index (χ3n) is 6.41. The van der Waals surface area contributed by atoms with Crippen LogP contribution in [-0.2, 0) is 0 Å². The number of halogens is 2. The molecule has 2 unspecified atom stereocenters. The van der Waals surface area contributed by atoms with Crippen LogP contribution in [0.5, 0.6) is 0 Å². The van der Waals surface area contributed by atoms with Gasteiger partial charge < -0.3 is 9.88 Å². The largest absolute Gasteiger partial charge is 0.338 e. The lowest BCUT2D eigenvalue weighted by atomic mass is 10.00. The summed E-state index contributed by atoms with van der Waals surface area (Å²) in [4.78, 5) is 28.0. The van der Waals surface area contributed by atoms with Crippen molar-refractivity contribution in [1.82, 2.24) is 19.9 Å². The van der Waals surface area contributed by atoms with Gasteiger partial charge in [-0.2, -0.15) is 0 Å². The van der Waals surface area contributed by atoms with Crippen molar-refractivity contribution in [3.05, 3.63) is 64.3 Å². The molecule has 3 heterocycles. The molecule has 1 aromatic carbocycles. The molecule has 2 atom stereocenters. The second-order valence-electron chi connectivity index (χ2n) is 8.15. The van der Waals surface area contributed by atoms with Gasteiger partial charge in [-0.3, -0.25) is 9.69 Å². The Morgan fingerprint density at radius 3 is 2.57 bits per heavy atom. The van der Waals surface area contributed by atoms with Gasteiger partial charge >= 0.3 is 0 Å². The summed E-state index contributed by atoms with van der Waals surface area (Å²) in [5.41, 5.74) is 0.552. The molecule has 3 aromatic rings. The van der Waals surface area contributed by atoms with Crippen LogP contribution in [-0.4, -0.2) is 52.1 Å². The summed E-state index contributed by atoms with van der Waals surface area (Å²) < 4.78 is 27.0. The first-order valence-corrected chi connectivity index (χ1v) is 10.4. The number of benzene rings is 1. The molecule has 5 rings (SSSR count). The molecule has 1 aliphatic heterocycles. The highest BCUT2D eigenvalue weighted by molar-refractivity contribution is 5.82. The summed E-state index contributed by atoms with van der Waals surface area (Å²) in [5.74, 6) is -0.0633. The summed E-state index contributed by atoms with van der Waals surface area (Å²) in [6.07, 6.45) is 5.45. The van der Waals surface area contributed by atoms with Crippen molar-refractivity contribution in [1.29, 1.82) is 0 Å². The number of nitrogens with zero attached hydrogens (tertiary/aromatic N) is 4. The average Bonchev–Trinajstić information content (AvgIpc) is 3.25. The second-order valence-corrected chi connectivity index (χ2v) is 8.15. The highest BCUT2D eigenvalue weighted by Gasteiger charge is 2.33. The summed E-state index contributed by atoms with van der Waals surface area (Å²) in [7, 11) is 0. The molecule has 6 nitrogen and oxygen atoms in total. The van der Waals surface area contributed by atoms with Crippen molar-refractivity contribution in [2.75, 3.05) is 31.1 Å². The monoisotopic (exact) mass is 411 g/mol. The van der Waals surface area contributed by atoms with Crippen LogP contribution < -0.4 is 10.5 Å². The molecule has 1 saturated heterocycles. The van der Waals surface area contributed by atoms with Gasteiger partial charge in [0.05, 0.1) is 17.8 Å². The van der Waals surface area contributed by atoms with Crippen LogP contribution in [0.25, 0.3) is 10.8 Å². The number of hydrogen-bond donors (Lipinski definition) is 1. The van der Waals surface area contributed by atoms with E-state index >= 15 is 0 Å². The smallest absolute Gasteiger partial charge is 0.259 e. The van der Waals surface area contributed by atoms with E-state index in [0.29, 0.717) is 17.4 Å². The van der Waals surface area contributed by atoms with Crippen molar-refractivity contribution in [2.24, 2.45) is 0 Å². The minimum absolute atomic E-state index is 0.134. The molecule has 0 radical (unpaired) electrons. The van der Waals surface area contributed by atoms with Crippen LogP contribution in [0.2, 0.25) is 0 Å². The van der Waals surface area contributed by atoms with Crippen molar-refractivity contribution in [2.45, 2.75) is 31.2 Å². The molecule has 2 aliphatic rings. The van der Waals surface area contributed by atoms with E-state index in [1.165, 1.54) is 18.5 Å². The molecule has 0 bridgehead atoms. The Hall–Kier alpha value is -2.87. The van der Waals surface area contributed by atoms with Crippen LogP contribution in [0.15, 0.2) is 41.5 Å². The van der Waals surface area contributed by atoms with E-state index in [1.807, 2.05) is 6.07 Å². The van der Waals surface area contributed by atoms with Crippen LogP contribution in [0.1, 0.15) is 30.9 Å². The van der Waals surface area contributed by atoms with Gasteiger partial charge in [0, 0.05) is 43.8 Å². The summed E-state index contributed by atoms with van der Waals surface area (Å²) in [5, 5.41) is 0.792. The van der Waals surface area contributed by atoms with Crippen molar-refractivity contribution in [3.8, 4) is 0 Å². The molecule has 1 aliphatic carbocycles. The number of hydrogen-bond acceptors (Lipinski definition) is 5. The van der Waals surface area contributed by atoms with E-state index in [4.69, 9.17) is 0 Å². The minimum Gasteiger partial charge on any atom is -0.338 e. The maximum absolute atomic E-state index is 14.0. The number of fused-ring (bicyclic) bond motifs is 1. The number of H-pyrrole nitrogens is 1. The maximum atomic E-state index is 14.0. The van der Waals surface area contributed by atoms with Crippen molar-refractivity contribution in [3.63, 3.8) is 0 Å². The molecular weight excluding hydrogens is 388 g/mol. The molecule has 0 amide bonds. The number of anilines is 1. The van der Waals surface area contributed by atoms with Gasteiger partial charge in [-0.25, -0.2) is 18.7 Å². The maximum Gasteiger partial charge on any atom is 0.259 e. The lowest BCUT2D eigenvalue weighted by molar-refractivity contribution is 0.185. The highest BCUT2D eigenvalue weighted by Crippen LogP contribution is 2.37. The molecule has 1 N–H and O–H groups in total. The zero-order chi connectivity index (χ0) is 20.7. The van der Waals surface area contributed by atoms with Gasteiger partial charge in [-0.15, -0.1) is 0 Å². The first-order valence-electron chi connectivity index (χ1n) is 10.4. The number of aromatic amines is 1. The summed E-state index contributed by atoms with van der Waals surface area (Å²) in [6, 6.07) is 7.14. The minimum atomic E-state index is -0.479. The Morgan fingerprint density at radius 1 is 1.03 bits per heavy atom. The zero-order valence-electron chi connectivity index (χ0n) is 16.5. The van der Waals surface area contributed by atoms with Gasteiger partial charge in [-0.05, 0) is 36.8 Å². The van der Waals surface area contributed by atoms with Crippen molar-refractivity contribution < 1.29 is 8.78 Å². The molecule has 1 saturated carbocycles. The van der Waals surface area contributed by atoms with Crippen LogP contribution >= 0.6 is 0 Å². The lowest BCUT2D eigenvalue weighted by Gasteiger charge is -2.38. The van der Waals surface area contributed by atoms with E-state index < -0.39 is 11.6 Å². The van der Waals surface area contributed by atoms with Crippen LogP contribution in [0, 0.1) is 11.6 Å². The first-order chi connectivity index (χ1) is 14.6. The zero-order valence-corrected chi connectivity index (χ0v) is 16.5. The Balaban J connectivity index is 1.25. The Morgan fingerprint density at radius 2 is 1.80 bits per heavy atom. The molecule has 8 heteroatoms. The Kier molecular flexibility index (Phi) is 4.94. The lowest BCUT2D eigenvalue weighted by Crippen LogP contribution is -2.50. The molecule has 2 aromatic heterocycles. The van der Waals surface area contributed by atoms with Crippen LogP contribution in [0.3, 0.4) is 0 Å². The van der Waals surface area contributed by atoms with Gasteiger partial charge in [0.15, 0.2) is 5.82 Å². The van der Waals surface area contributed by atoms with Gasteiger partial charge in [-0.1, -0.05) is 12.1 Å². The quantitative estimate of drug-likeness (QED) is 0.718. The van der Waals surface area contributed by atoms with E-state index in [9.17, 15) is 13.6 Å². The number of aromatic nitrogens is 3.